The molecule has 1 aliphatic carbocycles. The predicted octanol–water partition coefficient (Wildman–Crippen LogP) is 2.43. The number of phenolic OH excluding ortho intramolecular Hbond substituents is 1. The second-order valence-corrected chi connectivity index (χ2v) is 8.22. The summed E-state index contributed by atoms with van der Waals surface area (Å²) in [4.78, 5) is 19.5. The number of hydrogen-bond acceptors (Lipinski definition) is 6. The maximum Gasteiger partial charge on any atom is 0.242 e. The molecule has 158 valence electrons. The molecule has 2 aromatic carbocycles. The first-order valence-electron chi connectivity index (χ1n) is 10.6. The lowest BCUT2D eigenvalue weighted by atomic mass is 10.1. The van der Waals surface area contributed by atoms with E-state index < -0.39 is 0 Å². The lowest BCUT2D eigenvalue weighted by Crippen LogP contribution is -2.51. The van der Waals surface area contributed by atoms with E-state index in [0.29, 0.717) is 19.4 Å². The van der Waals surface area contributed by atoms with Crippen molar-refractivity contribution in [2.75, 3.05) is 44.4 Å². The van der Waals surface area contributed by atoms with Gasteiger partial charge in [-0.2, -0.15) is 0 Å². The molecule has 7 heteroatoms. The average molecular weight is 409 g/mol. The number of piperazine rings is 1. The van der Waals surface area contributed by atoms with E-state index in [9.17, 15) is 9.90 Å². The van der Waals surface area contributed by atoms with E-state index in [2.05, 4.69) is 15.9 Å². The molecule has 0 atom stereocenters. The Hall–Kier alpha value is -2.93. The molecule has 30 heavy (non-hydrogen) atoms. The van der Waals surface area contributed by atoms with Crippen LogP contribution in [0.15, 0.2) is 42.5 Å². The van der Waals surface area contributed by atoms with Crippen LogP contribution < -0.4 is 14.4 Å². The van der Waals surface area contributed by atoms with E-state index in [-0.39, 0.29) is 11.7 Å². The summed E-state index contributed by atoms with van der Waals surface area (Å²) in [5.41, 5.74) is 2.20. The monoisotopic (exact) mass is 409 g/mol. The second kappa shape index (κ2) is 8.07. The molecule has 2 aliphatic heterocycles. The first kappa shape index (κ1) is 19.1. The summed E-state index contributed by atoms with van der Waals surface area (Å²) in [6, 6.07) is 13.7. The molecule has 2 heterocycles. The third-order valence-electron chi connectivity index (χ3n) is 6.04. The Morgan fingerprint density at radius 1 is 1.00 bits per heavy atom. The number of ether oxygens (including phenoxy) is 2. The number of fused-ring (bicyclic) bond motifs is 1. The highest BCUT2D eigenvalue weighted by molar-refractivity contribution is 5.82. The minimum Gasteiger partial charge on any atom is -0.508 e. The molecule has 1 N–H and O–H groups in total. The molecule has 0 spiro atoms. The van der Waals surface area contributed by atoms with Crippen LogP contribution >= 0.6 is 0 Å². The smallest absolute Gasteiger partial charge is 0.242 e. The van der Waals surface area contributed by atoms with Gasteiger partial charge in [-0.25, -0.2) is 0 Å². The zero-order chi connectivity index (χ0) is 20.5. The van der Waals surface area contributed by atoms with E-state index in [0.717, 1.165) is 62.8 Å². The average Bonchev–Trinajstić information content (AvgIpc) is 3.50. The number of phenols is 1. The minimum atomic E-state index is 0.178. The molecule has 3 aliphatic rings. The largest absolute Gasteiger partial charge is 0.508 e. The van der Waals surface area contributed by atoms with Crippen LogP contribution in [0.5, 0.6) is 17.2 Å². The molecule has 2 aromatic rings. The zero-order valence-corrected chi connectivity index (χ0v) is 17.0. The number of rotatable bonds is 6. The van der Waals surface area contributed by atoms with E-state index in [1.54, 1.807) is 12.1 Å². The fourth-order valence-electron chi connectivity index (χ4n) is 4.16. The molecule has 0 aromatic heterocycles. The van der Waals surface area contributed by atoms with Crippen LogP contribution in [0.2, 0.25) is 0 Å². The Morgan fingerprint density at radius 3 is 2.47 bits per heavy atom. The Bertz CT molecular complexity index is 905. The van der Waals surface area contributed by atoms with Crippen molar-refractivity contribution in [2.24, 2.45) is 0 Å². The second-order valence-electron chi connectivity index (χ2n) is 8.22. The van der Waals surface area contributed by atoms with Crippen molar-refractivity contribution in [1.82, 2.24) is 9.80 Å². The van der Waals surface area contributed by atoms with Gasteiger partial charge in [-0.3, -0.25) is 9.69 Å². The van der Waals surface area contributed by atoms with Gasteiger partial charge in [-0.1, -0.05) is 6.07 Å². The molecule has 1 amide bonds. The van der Waals surface area contributed by atoms with Crippen LogP contribution in [-0.4, -0.2) is 66.4 Å². The van der Waals surface area contributed by atoms with Gasteiger partial charge in [-0.05, 0) is 54.8 Å². The molecule has 0 bridgehead atoms. The number of amides is 1. The quantitative estimate of drug-likeness (QED) is 0.791. The molecule has 0 unspecified atom stereocenters. The molecule has 1 saturated carbocycles. The Kier molecular flexibility index (Phi) is 5.12. The van der Waals surface area contributed by atoms with Crippen molar-refractivity contribution in [1.29, 1.82) is 0 Å². The van der Waals surface area contributed by atoms with Crippen molar-refractivity contribution >= 4 is 11.6 Å². The fraction of sp³-hybridized carbons (Fsp3) is 0.435. The van der Waals surface area contributed by atoms with Crippen LogP contribution in [-0.2, 0) is 11.3 Å². The van der Waals surface area contributed by atoms with E-state index in [1.807, 2.05) is 29.2 Å². The summed E-state index contributed by atoms with van der Waals surface area (Å²) in [5, 5.41) is 9.54. The summed E-state index contributed by atoms with van der Waals surface area (Å²) in [5.74, 6) is 2.05. The van der Waals surface area contributed by atoms with E-state index in [1.165, 1.54) is 5.56 Å². The van der Waals surface area contributed by atoms with Gasteiger partial charge in [0.25, 0.3) is 0 Å². The van der Waals surface area contributed by atoms with Crippen LogP contribution in [0.4, 0.5) is 5.69 Å². The van der Waals surface area contributed by atoms with Crippen molar-refractivity contribution in [3.8, 4) is 17.2 Å². The summed E-state index contributed by atoms with van der Waals surface area (Å²) < 4.78 is 10.8. The SMILES string of the molecule is O=C(CN(c1ccc(O)cc1)C1CC1)N1CCN(Cc2ccc3c(c2)OCO3)CC1. The van der Waals surface area contributed by atoms with Crippen molar-refractivity contribution in [3.63, 3.8) is 0 Å². The Balaban J connectivity index is 1.15. The van der Waals surface area contributed by atoms with Crippen molar-refractivity contribution in [3.05, 3.63) is 48.0 Å². The van der Waals surface area contributed by atoms with Gasteiger partial charge in [0.15, 0.2) is 11.5 Å². The number of aromatic hydroxyl groups is 1. The third kappa shape index (κ3) is 4.16. The summed E-state index contributed by atoms with van der Waals surface area (Å²) >= 11 is 0. The third-order valence-corrected chi connectivity index (χ3v) is 6.04. The highest BCUT2D eigenvalue weighted by Crippen LogP contribution is 2.33. The number of benzene rings is 2. The van der Waals surface area contributed by atoms with Gasteiger partial charge in [-0.15, -0.1) is 0 Å². The highest BCUT2D eigenvalue weighted by atomic mass is 16.7. The number of anilines is 1. The normalized spacial score (nSPS) is 18.5. The molecular formula is C23H27N3O4. The predicted molar refractivity (Wildman–Crippen MR) is 113 cm³/mol. The van der Waals surface area contributed by atoms with E-state index in [4.69, 9.17) is 9.47 Å². The van der Waals surface area contributed by atoms with Gasteiger partial charge in [0.2, 0.25) is 12.7 Å². The topological polar surface area (TPSA) is 65.5 Å². The zero-order valence-electron chi connectivity index (χ0n) is 17.0. The molecule has 2 fully saturated rings. The Morgan fingerprint density at radius 2 is 1.73 bits per heavy atom. The van der Waals surface area contributed by atoms with E-state index >= 15 is 0 Å². The Labute approximate surface area is 176 Å². The number of carbonyl (C=O) groups is 1. The van der Waals surface area contributed by atoms with Crippen LogP contribution in [0.1, 0.15) is 18.4 Å². The fourth-order valence-corrected chi connectivity index (χ4v) is 4.16. The number of carbonyl (C=O) groups excluding carboxylic acids is 1. The van der Waals surface area contributed by atoms with Gasteiger partial charge in [0.1, 0.15) is 5.75 Å². The van der Waals surface area contributed by atoms with Crippen LogP contribution in [0.3, 0.4) is 0 Å². The first-order valence-corrected chi connectivity index (χ1v) is 10.6. The first-order chi connectivity index (χ1) is 14.7. The van der Waals surface area contributed by atoms with Gasteiger partial charge in [0, 0.05) is 44.5 Å². The van der Waals surface area contributed by atoms with Crippen molar-refractivity contribution in [2.45, 2.75) is 25.4 Å². The minimum absolute atomic E-state index is 0.178. The van der Waals surface area contributed by atoms with Gasteiger partial charge >= 0.3 is 0 Å². The molecule has 0 radical (unpaired) electrons. The summed E-state index contributed by atoms with van der Waals surface area (Å²) in [6.45, 7) is 4.76. The van der Waals surface area contributed by atoms with Gasteiger partial charge in [0.05, 0.1) is 6.54 Å². The standard InChI is InChI=1S/C23H27N3O4/c27-20-6-4-19(5-7-20)26(18-2-3-18)15-23(28)25-11-9-24(10-12-25)14-17-1-8-21-22(13-17)30-16-29-21/h1,4-8,13,18,27H,2-3,9-12,14-16H2. The maximum atomic E-state index is 13.0. The van der Waals surface area contributed by atoms with Gasteiger partial charge < -0.3 is 24.4 Å². The van der Waals surface area contributed by atoms with Crippen LogP contribution in [0.25, 0.3) is 0 Å². The summed E-state index contributed by atoms with van der Waals surface area (Å²) in [7, 11) is 0. The molecular weight excluding hydrogens is 382 g/mol. The molecule has 1 saturated heterocycles. The summed E-state index contributed by atoms with van der Waals surface area (Å²) in [6.07, 6.45) is 2.24. The molecule has 5 rings (SSSR count). The molecule has 7 nitrogen and oxygen atoms in total. The lowest BCUT2D eigenvalue weighted by Gasteiger charge is -2.36. The highest BCUT2D eigenvalue weighted by Gasteiger charge is 2.32. The van der Waals surface area contributed by atoms with Crippen molar-refractivity contribution < 1.29 is 19.4 Å². The lowest BCUT2D eigenvalue weighted by molar-refractivity contribution is -0.131. The number of hydrogen-bond donors (Lipinski definition) is 1. The van der Waals surface area contributed by atoms with Crippen LogP contribution in [0, 0.1) is 0 Å². The number of nitrogens with zero attached hydrogens (tertiary/aromatic N) is 3. The maximum absolute atomic E-state index is 13.0.